The number of carbonyl (C=O) groups is 1. The number of ether oxygens (including phenoxy) is 2. The highest BCUT2D eigenvalue weighted by atomic mass is 16.5. The number of amides is 1. The van der Waals surface area contributed by atoms with E-state index in [9.17, 15) is 4.79 Å². The SMILES string of the molecule is O=C(c1cncc(Oc2ccccc2CN2CCOCC2)n1)N1CCCC1. The summed E-state index contributed by atoms with van der Waals surface area (Å²) in [5.74, 6) is 1.01. The molecule has 1 aromatic carbocycles. The Hall–Kier alpha value is -2.51. The smallest absolute Gasteiger partial charge is 0.274 e. The molecule has 7 nitrogen and oxygen atoms in total. The number of rotatable bonds is 5. The van der Waals surface area contributed by atoms with Crippen LogP contribution in [0.3, 0.4) is 0 Å². The van der Waals surface area contributed by atoms with Gasteiger partial charge in [-0.15, -0.1) is 0 Å². The maximum Gasteiger partial charge on any atom is 0.274 e. The number of carbonyl (C=O) groups excluding carboxylic acids is 1. The number of hydrogen-bond acceptors (Lipinski definition) is 6. The van der Waals surface area contributed by atoms with Gasteiger partial charge in [0.25, 0.3) is 5.91 Å². The second kappa shape index (κ2) is 8.45. The number of hydrogen-bond donors (Lipinski definition) is 0. The summed E-state index contributed by atoms with van der Waals surface area (Å²) in [5.41, 5.74) is 1.41. The van der Waals surface area contributed by atoms with Gasteiger partial charge >= 0.3 is 0 Å². The summed E-state index contributed by atoms with van der Waals surface area (Å²) in [7, 11) is 0. The molecule has 2 aliphatic rings. The van der Waals surface area contributed by atoms with Crippen molar-refractivity contribution in [3.8, 4) is 11.6 Å². The molecule has 2 aromatic rings. The minimum Gasteiger partial charge on any atom is -0.437 e. The van der Waals surface area contributed by atoms with Gasteiger partial charge in [0.1, 0.15) is 5.75 Å². The fourth-order valence-corrected chi connectivity index (χ4v) is 3.43. The zero-order valence-electron chi connectivity index (χ0n) is 15.3. The van der Waals surface area contributed by atoms with Gasteiger partial charge in [0.2, 0.25) is 5.88 Å². The van der Waals surface area contributed by atoms with Crippen molar-refractivity contribution in [2.45, 2.75) is 19.4 Å². The molecule has 142 valence electrons. The molecule has 2 fully saturated rings. The van der Waals surface area contributed by atoms with E-state index in [-0.39, 0.29) is 5.91 Å². The van der Waals surface area contributed by atoms with Gasteiger partial charge in [-0.2, -0.15) is 0 Å². The molecule has 3 heterocycles. The number of morpholine rings is 1. The Bertz CT molecular complexity index is 786. The summed E-state index contributed by atoms with van der Waals surface area (Å²) < 4.78 is 11.4. The minimum absolute atomic E-state index is 0.0768. The molecule has 1 aromatic heterocycles. The molecule has 0 radical (unpaired) electrons. The van der Waals surface area contributed by atoms with Gasteiger partial charge in [-0.05, 0) is 18.9 Å². The van der Waals surface area contributed by atoms with Crippen molar-refractivity contribution >= 4 is 5.91 Å². The van der Waals surface area contributed by atoms with Crippen LogP contribution in [0.2, 0.25) is 0 Å². The van der Waals surface area contributed by atoms with Crippen molar-refractivity contribution in [1.29, 1.82) is 0 Å². The lowest BCUT2D eigenvalue weighted by molar-refractivity contribution is 0.0339. The fraction of sp³-hybridized carbons (Fsp3) is 0.450. The van der Waals surface area contributed by atoms with Gasteiger partial charge in [0.15, 0.2) is 5.69 Å². The number of nitrogens with zero attached hydrogens (tertiary/aromatic N) is 4. The second-order valence-corrected chi connectivity index (χ2v) is 6.84. The van der Waals surface area contributed by atoms with Gasteiger partial charge in [-0.3, -0.25) is 14.7 Å². The standard InChI is InChI=1S/C20H24N4O3/c25-20(24-7-3-4-8-24)17-13-21-14-19(22-17)27-18-6-2-1-5-16(18)15-23-9-11-26-12-10-23/h1-2,5-6,13-14H,3-4,7-12,15H2. The largest absolute Gasteiger partial charge is 0.437 e. The Morgan fingerprint density at radius 2 is 1.85 bits per heavy atom. The van der Waals surface area contributed by atoms with Crippen LogP contribution in [0.5, 0.6) is 11.6 Å². The normalized spacial score (nSPS) is 17.9. The van der Waals surface area contributed by atoms with E-state index in [1.807, 2.05) is 23.1 Å². The molecule has 0 unspecified atom stereocenters. The van der Waals surface area contributed by atoms with Crippen molar-refractivity contribution in [1.82, 2.24) is 19.8 Å². The maximum absolute atomic E-state index is 12.5. The summed E-state index contributed by atoms with van der Waals surface area (Å²) in [5, 5.41) is 0. The number of para-hydroxylation sites is 1. The third-order valence-electron chi connectivity index (χ3n) is 4.91. The zero-order valence-corrected chi connectivity index (χ0v) is 15.3. The van der Waals surface area contributed by atoms with Crippen LogP contribution in [0, 0.1) is 0 Å². The van der Waals surface area contributed by atoms with Crippen LogP contribution in [-0.4, -0.2) is 65.1 Å². The van der Waals surface area contributed by atoms with Crippen molar-refractivity contribution in [3.05, 3.63) is 47.9 Å². The first-order valence-corrected chi connectivity index (χ1v) is 9.47. The van der Waals surface area contributed by atoms with E-state index in [0.717, 1.165) is 70.1 Å². The molecule has 0 aliphatic carbocycles. The van der Waals surface area contributed by atoms with Crippen LogP contribution in [-0.2, 0) is 11.3 Å². The molecule has 2 saturated heterocycles. The predicted octanol–water partition coefficient (Wildman–Crippen LogP) is 2.34. The van der Waals surface area contributed by atoms with Crippen LogP contribution in [0.25, 0.3) is 0 Å². The molecule has 0 spiro atoms. The average molecular weight is 368 g/mol. The Morgan fingerprint density at radius 1 is 1.07 bits per heavy atom. The molecule has 1 amide bonds. The van der Waals surface area contributed by atoms with E-state index in [1.54, 1.807) is 6.20 Å². The van der Waals surface area contributed by atoms with Crippen molar-refractivity contribution in [3.63, 3.8) is 0 Å². The van der Waals surface area contributed by atoms with E-state index in [0.29, 0.717) is 11.6 Å². The van der Waals surface area contributed by atoms with E-state index in [1.165, 1.54) is 6.20 Å². The first-order valence-electron chi connectivity index (χ1n) is 9.47. The number of aromatic nitrogens is 2. The van der Waals surface area contributed by atoms with Crippen LogP contribution < -0.4 is 4.74 Å². The molecule has 7 heteroatoms. The fourth-order valence-electron chi connectivity index (χ4n) is 3.43. The summed E-state index contributed by atoms with van der Waals surface area (Å²) in [6.07, 6.45) is 5.15. The van der Waals surface area contributed by atoms with E-state index in [4.69, 9.17) is 9.47 Å². The molecular formula is C20H24N4O3. The van der Waals surface area contributed by atoms with Crippen LogP contribution in [0.15, 0.2) is 36.7 Å². The lowest BCUT2D eigenvalue weighted by Crippen LogP contribution is -2.35. The first kappa shape index (κ1) is 17.9. The third kappa shape index (κ3) is 4.43. The highest BCUT2D eigenvalue weighted by Gasteiger charge is 2.21. The van der Waals surface area contributed by atoms with Crippen LogP contribution >= 0.6 is 0 Å². The van der Waals surface area contributed by atoms with Crippen LogP contribution in [0.1, 0.15) is 28.9 Å². The van der Waals surface area contributed by atoms with Crippen molar-refractivity contribution in [2.24, 2.45) is 0 Å². The molecule has 0 bridgehead atoms. The molecule has 4 rings (SSSR count). The Kier molecular flexibility index (Phi) is 5.60. The van der Waals surface area contributed by atoms with Gasteiger partial charge in [-0.1, -0.05) is 18.2 Å². The minimum atomic E-state index is -0.0768. The van der Waals surface area contributed by atoms with Crippen molar-refractivity contribution < 1.29 is 14.3 Å². The monoisotopic (exact) mass is 368 g/mol. The lowest BCUT2D eigenvalue weighted by Gasteiger charge is -2.27. The Labute approximate surface area is 158 Å². The van der Waals surface area contributed by atoms with E-state index < -0.39 is 0 Å². The molecule has 0 atom stereocenters. The predicted molar refractivity (Wildman–Crippen MR) is 99.8 cm³/mol. The maximum atomic E-state index is 12.5. The summed E-state index contributed by atoms with van der Waals surface area (Å²) in [4.78, 5) is 25.2. The molecular weight excluding hydrogens is 344 g/mol. The van der Waals surface area contributed by atoms with Crippen LogP contribution in [0.4, 0.5) is 0 Å². The van der Waals surface area contributed by atoms with Gasteiger partial charge in [0, 0.05) is 38.3 Å². The van der Waals surface area contributed by atoms with E-state index >= 15 is 0 Å². The van der Waals surface area contributed by atoms with E-state index in [2.05, 4.69) is 20.9 Å². The number of benzene rings is 1. The highest BCUT2D eigenvalue weighted by molar-refractivity contribution is 5.92. The van der Waals surface area contributed by atoms with Crippen molar-refractivity contribution in [2.75, 3.05) is 39.4 Å². The molecule has 0 saturated carbocycles. The average Bonchev–Trinajstić information content (AvgIpc) is 3.25. The molecule has 27 heavy (non-hydrogen) atoms. The summed E-state index contributed by atoms with van der Waals surface area (Å²) >= 11 is 0. The topological polar surface area (TPSA) is 67.8 Å². The van der Waals surface area contributed by atoms with Gasteiger partial charge in [0.05, 0.1) is 25.6 Å². The second-order valence-electron chi connectivity index (χ2n) is 6.84. The quantitative estimate of drug-likeness (QED) is 0.807. The summed E-state index contributed by atoms with van der Waals surface area (Å²) in [6.45, 7) is 5.70. The highest BCUT2D eigenvalue weighted by Crippen LogP contribution is 2.25. The molecule has 0 N–H and O–H groups in total. The van der Waals surface area contributed by atoms with Gasteiger partial charge in [-0.25, -0.2) is 4.98 Å². The third-order valence-corrected chi connectivity index (χ3v) is 4.91. The number of likely N-dealkylation sites (tertiary alicyclic amines) is 1. The Balaban J connectivity index is 1.49. The Morgan fingerprint density at radius 3 is 2.67 bits per heavy atom. The summed E-state index contributed by atoms with van der Waals surface area (Å²) in [6, 6.07) is 7.91. The first-order chi connectivity index (χ1) is 13.3. The zero-order chi connectivity index (χ0) is 18.5. The lowest BCUT2D eigenvalue weighted by atomic mass is 10.2. The molecule has 2 aliphatic heterocycles. The van der Waals surface area contributed by atoms with Gasteiger partial charge < -0.3 is 14.4 Å².